The molecule has 2 rings (SSSR count). The van der Waals surface area contributed by atoms with Crippen LogP contribution in [0.5, 0.6) is 11.5 Å². The monoisotopic (exact) mass is 292 g/mol. The molecule has 2 aromatic rings. The number of carboxylic acid groups (broad SMARTS) is 1. The average Bonchev–Trinajstić information content (AvgIpc) is 2.95. The van der Waals surface area contributed by atoms with Gasteiger partial charge in [0, 0.05) is 31.8 Å². The largest absolute Gasteiger partial charge is 0.496 e. The number of ether oxygens (including phenoxy) is 2. The van der Waals surface area contributed by atoms with E-state index in [9.17, 15) is 4.79 Å². The van der Waals surface area contributed by atoms with Crippen LogP contribution in [0.15, 0.2) is 22.7 Å². The Kier molecular flexibility index (Phi) is 4.02. The van der Waals surface area contributed by atoms with Gasteiger partial charge in [-0.25, -0.2) is 4.79 Å². The summed E-state index contributed by atoms with van der Waals surface area (Å²) in [5.41, 5.74) is 1.80. The number of rotatable bonds is 5. The Balaban J connectivity index is 2.58. The van der Waals surface area contributed by atoms with Gasteiger partial charge in [0.2, 0.25) is 5.76 Å². The van der Waals surface area contributed by atoms with Crippen molar-refractivity contribution in [1.82, 2.24) is 5.16 Å². The second-order valence-electron chi connectivity index (χ2n) is 4.50. The van der Waals surface area contributed by atoms with Gasteiger partial charge in [0.15, 0.2) is 0 Å². The number of nitrogens with zero attached hydrogens (tertiary/aromatic N) is 2. The molecule has 0 spiro atoms. The standard InChI is InChI=1S/C14H16N2O5/c1-16(2)10-7-11(19-3)8(5-12(10)20-4)9-6-13(14(17)18)21-15-9/h5-7H,1-4H3,(H,17,18). The van der Waals surface area contributed by atoms with Crippen LogP contribution in [0.4, 0.5) is 5.69 Å². The number of carboxylic acids is 1. The number of methoxy groups -OCH3 is 2. The fourth-order valence-corrected chi connectivity index (χ4v) is 1.93. The molecule has 0 radical (unpaired) electrons. The molecule has 112 valence electrons. The van der Waals surface area contributed by atoms with Crippen molar-refractivity contribution in [3.8, 4) is 22.8 Å². The second kappa shape index (κ2) is 5.74. The first-order valence-corrected chi connectivity index (χ1v) is 6.11. The fourth-order valence-electron chi connectivity index (χ4n) is 1.93. The number of hydrogen-bond acceptors (Lipinski definition) is 6. The molecular formula is C14H16N2O5. The van der Waals surface area contributed by atoms with Crippen molar-refractivity contribution in [2.45, 2.75) is 0 Å². The van der Waals surface area contributed by atoms with Crippen LogP contribution in [0, 0.1) is 0 Å². The maximum atomic E-state index is 10.9. The molecule has 0 aliphatic heterocycles. The first kappa shape index (κ1) is 14.7. The van der Waals surface area contributed by atoms with Gasteiger partial charge in [-0.1, -0.05) is 5.16 Å². The lowest BCUT2D eigenvalue weighted by molar-refractivity contribution is 0.0652. The topological polar surface area (TPSA) is 85.0 Å². The van der Waals surface area contributed by atoms with Crippen LogP contribution in [0.25, 0.3) is 11.3 Å². The first-order chi connectivity index (χ1) is 9.97. The number of hydrogen-bond donors (Lipinski definition) is 1. The SMILES string of the molecule is COc1cc(N(C)C)c(OC)cc1-c1cc(C(=O)O)on1. The first-order valence-electron chi connectivity index (χ1n) is 6.11. The Labute approximate surface area is 121 Å². The number of aromatic carboxylic acids is 1. The van der Waals surface area contributed by atoms with Crippen LogP contribution in [-0.4, -0.2) is 44.5 Å². The van der Waals surface area contributed by atoms with Crippen LogP contribution >= 0.6 is 0 Å². The van der Waals surface area contributed by atoms with E-state index in [1.165, 1.54) is 13.2 Å². The summed E-state index contributed by atoms with van der Waals surface area (Å²) >= 11 is 0. The summed E-state index contributed by atoms with van der Waals surface area (Å²) in [6, 6.07) is 4.87. The molecular weight excluding hydrogens is 276 g/mol. The maximum absolute atomic E-state index is 10.9. The average molecular weight is 292 g/mol. The maximum Gasteiger partial charge on any atom is 0.374 e. The summed E-state index contributed by atoms with van der Waals surface area (Å²) in [6.07, 6.45) is 0. The van der Waals surface area contributed by atoms with Gasteiger partial charge >= 0.3 is 5.97 Å². The van der Waals surface area contributed by atoms with E-state index in [4.69, 9.17) is 19.1 Å². The molecule has 7 nitrogen and oxygen atoms in total. The van der Waals surface area contributed by atoms with Crippen molar-refractivity contribution in [1.29, 1.82) is 0 Å². The zero-order valence-electron chi connectivity index (χ0n) is 12.2. The molecule has 0 aliphatic carbocycles. The number of carbonyl (C=O) groups is 1. The smallest absolute Gasteiger partial charge is 0.374 e. The van der Waals surface area contributed by atoms with Gasteiger partial charge in [-0.05, 0) is 6.07 Å². The van der Waals surface area contributed by atoms with Crippen LogP contribution in [0.3, 0.4) is 0 Å². The predicted molar refractivity (Wildman–Crippen MR) is 76.3 cm³/mol. The zero-order valence-corrected chi connectivity index (χ0v) is 12.2. The van der Waals surface area contributed by atoms with E-state index in [2.05, 4.69) is 5.16 Å². The summed E-state index contributed by atoms with van der Waals surface area (Å²) in [7, 11) is 6.86. The third-order valence-corrected chi connectivity index (χ3v) is 2.98. The van der Waals surface area contributed by atoms with Crippen molar-refractivity contribution in [3.63, 3.8) is 0 Å². The summed E-state index contributed by atoms with van der Waals surface area (Å²) in [4.78, 5) is 12.8. The number of benzene rings is 1. The number of aromatic nitrogens is 1. The lowest BCUT2D eigenvalue weighted by Crippen LogP contribution is -2.10. The summed E-state index contributed by atoms with van der Waals surface area (Å²) < 4.78 is 15.5. The van der Waals surface area contributed by atoms with Crippen molar-refractivity contribution in [2.75, 3.05) is 33.2 Å². The zero-order chi connectivity index (χ0) is 15.6. The molecule has 1 heterocycles. The fraction of sp³-hybridized carbons (Fsp3) is 0.286. The predicted octanol–water partition coefficient (Wildman–Crippen LogP) is 2.12. The van der Waals surface area contributed by atoms with Gasteiger partial charge in [0.25, 0.3) is 0 Å². The van der Waals surface area contributed by atoms with Crippen LogP contribution in [0.1, 0.15) is 10.6 Å². The lowest BCUT2D eigenvalue weighted by atomic mass is 10.1. The van der Waals surface area contributed by atoms with Gasteiger partial charge < -0.3 is 24.0 Å². The molecule has 7 heteroatoms. The molecule has 1 aromatic heterocycles. The van der Waals surface area contributed by atoms with E-state index >= 15 is 0 Å². The van der Waals surface area contributed by atoms with Gasteiger partial charge in [-0.3, -0.25) is 0 Å². The Morgan fingerprint density at radius 3 is 2.33 bits per heavy atom. The van der Waals surface area contributed by atoms with E-state index in [1.54, 1.807) is 19.2 Å². The second-order valence-corrected chi connectivity index (χ2v) is 4.50. The van der Waals surface area contributed by atoms with E-state index in [1.807, 2.05) is 19.0 Å². The summed E-state index contributed by atoms with van der Waals surface area (Å²) in [6.45, 7) is 0. The molecule has 0 atom stereocenters. The summed E-state index contributed by atoms with van der Waals surface area (Å²) in [5.74, 6) is -0.243. The lowest BCUT2D eigenvalue weighted by Gasteiger charge is -2.19. The van der Waals surface area contributed by atoms with Gasteiger partial charge in [0.1, 0.15) is 17.2 Å². The highest BCUT2D eigenvalue weighted by Gasteiger charge is 2.19. The minimum absolute atomic E-state index is 0.234. The molecule has 1 N–H and O–H groups in total. The number of anilines is 1. The van der Waals surface area contributed by atoms with Crippen molar-refractivity contribution < 1.29 is 23.9 Å². The van der Waals surface area contributed by atoms with Gasteiger partial charge in [-0.15, -0.1) is 0 Å². The molecule has 0 amide bonds. The van der Waals surface area contributed by atoms with E-state index in [0.717, 1.165) is 5.69 Å². The van der Waals surface area contributed by atoms with Crippen molar-refractivity contribution in [2.24, 2.45) is 0 Å². The third-order valence-electron chi connectivity index (χ3n) is 2.98. The molecule has 0 bridgehead atoms. The molecule has 0 fully saturated rings. The Morgan fingerprint density at radius 2 is 1.86 bits per heavy atom. The minimum Gasteiger partial charge on any atom is -0.496 e. The summed E-state index contributed by atoms with van der Waals surface area (Å²) in [5, 5.41) is 12.7. The molecule has 1 aromatic carbocycles. The van der Waals surface area contributed by atoms with Crippen LogP contribution in [-0.2, 0) is 0 Å². The Bertz CT molecular complexity index is 663. The highest BCUT2D eigenvalue weighted by atomic mass is 16.5. The van der Waals surface area contributed by atoms with E-state index < -0.39 is 5.97 Å². The molecule has 0 aliphatic rings. The van der Waals surface area contributed by atoms with Crippen molar-refractivity contribution >= 4 is 11.7 Å². The van der Waals surface area contributed by atoms with Gasteiger partial charge in [-0.2, -0.15) is 0 Å². The normalized spacial score (nSPS) is 10.3. The Hall–Kier alpha value is -2.70. The minimum atomic E-state index is -1.18. The van der Waals surface area contributed by atoms with Crippen LogP contribution < -0.4 is 14.4 Å². The Morgan fingerprint density at radius 1 is 1.19 bits per heavy atom. The molecule has 0 saturated heterocycles. The van der Waals surface area contributed by atoms with Crippen LogP contribution in [0.2, 0.25) is 0 Å². The van der Waals surface area contributed by atoms with E-state index in [-0.39, 0.29) is 5.76 Å². The highest BCUT2D eigenvalue weighted by Crippen LogP contribution is 2.39. The highest BCUT2D eigenvalue weighted by molar-refractivity contribution is 5.86. The molecule has 21 heavy (non-hydrogen) atoms. The molecule has 0 unspecified atom stereocenters. The van der Waals surface area contributed by atoms with E-state index in [0.29, 0.717) is 22.8 Å². The van der Waals surface area contributed by atoms with Gasteiger partial charge in [0.05, 0.1) is 19.9 Å². The van der Waals surface area contributed by atoms with Crippen molar-refractivity contribution in [3.05, 3.63) is 24.0 Å². The third kappa shape index (κ3) is 2.76. The quantitative estimate of drug-likeness (QED) is 0.903. The molecule has 0 saturated carbocycles.